The van der Waals surface area contributed by atoms with Gasteiger partial charge in [0.05, 0.1) is 29.8 Å². The summed E-state index contributed by atoms with van der Waals surface area (Å²) in [6.07, 6.45) is 1.10. The minimum atomic E-state index is -2.87. The molecule has 0 spiro atoms. The van der Waals surface area contributed by atoms with Crippen molar-refractivity contribution in [1.29, 1.82) is 0 Å². The summed E-state index contributed by atoms with van der Waals surface area (Å²) in [5, 5.41) is 4.78. The third-order valence-corrected chi connectivity index (χ3v) is 7.68. The van der Waals surface area contributed by atoms with Gasteiger partial charge in [0.15, 0.2) is 9.84 Å². The van der Waals surface area contributed by atoms with E-state index in [9.17, 15) is 8.42 Å². The Morgan fingerprint density at radius 1 is 1.09 bits per heavy atom. The molecule has 2 aromatic carbocycles. The third-order valence-electron chi connectivity index (χ3n) is 6.07. The molecule has 0 bridgehead atoms. The van der Waals surface area contributed by atoms with Crippen LogP contribution in [0.5, 0.6) is 5.75 Å². The standard InChI is InChI=1S/C25H33N3O3S/c1-18(2)8-9-26-24-15-19(17-28-10-12-32(29,30)13-11-28)14-21-16-23(27-25(21)24)20-4-6-22(31-3)7-5-20/h4-7,14-16,18,26-27H,8-13,17H2,1-3H3. The summed E-state index contributed by atoms with van der Waals surface area (Å²) in [6, 6.07) is 14.7. The SMILES string of the molecule is COc1ccc(-c2cc3cc(CN4CCS(=O)(=O)CC4)cc(NCCC(C)C)c3[nH]2)cc1. The zero-order valence-electron chi connectivity index (χ0n) is 19.1. The summed E-state index contributed by atoms with van der Waals surface area (Å²) in [5.74, 6) is 1.97. The average molecular weight is 456 g/mol. The van der Waals surface area contributed by atoms with Gasteiger partial charge in [-0.2, -0.15) is 0 Å². The van der Waals surface area contributed by atoms with E-state index in [1.165, 1.54) is 5.56 Å². The fourth-order valence-corrected chi connectivity index (χ4v) is 5.40. The van der Waals surface area contributed by atoms with Gasteiger partial charge in [-0.1, -0.05) is 13.8 Å². The van der Waals surface area contributed by atoms with Crippen LogP contribution in [0.25, 0.3) is 22.2 Å². The molecule has 4 rings (SSSR count). The number of nitrogens with zero attached hydrogens (tertiary/aromatic N) is 1. The largest absolute Gasteiger partial charge is 0.497 e. The van der Waals surface area contributed by atoms with Crippen molar-refractivity contribution in [3.63, 3.8) is 0 Å². The number of rotatable bonds is 8. The van der Waals surface area contributed by atoms with E-state index in [2.05, 4.69) is 59.4 Å². The molecule has 1 aliphatic rings. The second kappa shape index (κ2) is 9.55. The molecule has 0 unspecified atom stereocenters. The minimum absolute atomic E-state index is 0.251. The summed E-state index contributed by atoms with van der Waals surface area (Å²) in [6.45, 7) is 7.33. The summed E-state index contributed by atoms with van der Waals surface area (Å²) < 4.78 is 28.8. The van der Waals surface area contributed by atoms with E-state index in [1.807, 2.05) is 12.1 Å². The lowest BCUT2D eigenvalue weighted by atomic mass is 10.1. The Hall–Kier alpha value is -2.51. The molecule has 0 amide bonds. The van der Waals surface area contributed by atoms with E-state index < -0.39 is 9.84 Å². The van der Waals surface area contributed by atoms with Crippen molar-refractivity contribution in [2.24, 2.45) is 5.92 Å². The fraction of sp³-hybridized carbons (Fsp3) is 0.440. The van der Waals surface area contributed by atoms with Crippen LogP contribution < -0.4 is 10.1 Å². The van der Waals surface area contributed by atoms with Gasteiger partial charge in [-0.15, -0.1) is 0 Å². The second-order valence-electron chi connectivity index (χ2n) is 9.06. The van der Waals surface area contributed by atoms with Crippen LogP contribution in [0.4, 0.5) is 5.69 Å². The maximum atomic E-state index is 11.8. The van der Waals surface area contributed by atoms with E-state index in [0.717, 1.165) is 53.1 Å². The van der Waals surface area contributed by atoms with Crippen molar-refractivity contribution in [2.45, 2.75) is 26.8 Å². The molecule has 2 N–H and O–H groups in total. The first-order valence-corrected chi connectivity index (χ1v) is 13.1. The van der Waals surface area contributed by atoms with Crippen molar-refractivity contribution in [3.8, 4) is 17.0 Å². The van der Waals surface area contributed by atoms with Gasteiger partial charge in [-0.05, 0) is 65.9 Å². The van der Waals surface area contributed by atoms with Gasteiger partial charge in [0.25, 0.3) is 0 Å². The van der Waals surface area contributed by atoms with E-state index in [0.29, 0.717) is 19.0 Å². The van der Waals surface area contributed by atoms with E-state index in [4.69, 9.17) is 4.74 Å². The molecule has 32 heavy (non-hydrogen) atoms. The summed E-state index contributed by atoms with van der Waals surface area (Å²) >= 11 is 0. The zero-order chi connectivity index (χ0) is 22.7. The highest BCUT2D eigenvalue weighted by atomic mass is 32.2. The molecular formula is C25H33N3O3S. The first kappa shape index (κ1) is 22.7. The summed E-state index contributed by atoms with van der Waals surface area (Å²) in [5.41, 5.74) is 5.57. The number of hydrogen-bond acceptors (Lipinski definition) is 5. The van der Waals surface area contributed by atoms with Crippen molar-refractivity contribution >= 4 is 26.4 Å². The monoisotopic (exact) mass is 455 g/mol. The third kappa shape index (κ3) is 5.45. The van der Waals surface area contributed by atoms with Crippen LogP contribution in [0.3, 0.4) is 0 Å². The summed E-state index contributed by atoms with van der Waals surface area (Å²) in [7, 11) is -1.20. The molecule has 172 valence electrons. The van der Waals surface area contributed by atoms with E-state index in [-0.39, 0.29) is 11.5 Å². The Kier molecular flexibility index (Phi) is 6.76. The van der Waals surface area contributed by atoms with Gasteiger partial charge in [-0.3, -0.25) is 4.90 Å². The number of aromatic amines is 1. The van der Waals surface area contributed by atoms with Crippen molar-refractivity contribution in [2.75, 3.05) is 43.6 Å². The normalized spacial score (nSPS) is 16.5. The number of H-pyrrole nitrogens is 1. The van der Waals surface area contributed by atoms with Crippen LogP contribution in [0.2, 0.25) is 0 Å². The number of anilines is 1. The second-order valence-corrected chi connectivity index (χ2v) is 11.4. The predicted molar refractivity (Wildman–Crippen MR) is 132 cm³/mol. The van der Waals surface area contributed by atoms with Gasteiger partial charge < -0.3 is 15.0 Å². The van der Waals surface area contributed by atoms with E-state index >= 15 is 0 Å². The van der Waals surface area contributed by atoms with E-state index in [1.54, 1.807) is 7.11 Å². The first-order chi connectivity index (χ1) is 15.3. The van der Waals surface area contributed by atoms with Gasteiger partial charge in [0.1, 0.15) is 5.75 Å². The molecule has 1 aliphatic heterocycles. The van der Waals surface area contributed by atoms with Crippen LogP contribution in [-0.2, 0) is 16.4 Å². The van der Waals surface area contributed by atoms with Gasteiger partial charge >= 0.3 is 0 Å². The molecule has 6 nitrogen and oxygen atoms in total. The Balaban J connectivity index is 1.63. The molecule has 0 saturated carbocycles. The molecule has 2 heterocycles. The maximum Gasteiger partial charge on any atom is 0.152 e. The summed E-state index contributed by atoms with van der Waals surface area (Å²) in [4.78, 5) is 5.83. The molecule has 0 aliphatic carbocycles. The topological polar surface area (TPSA) is 74.4 Å². The highest BCUT2D eigenvalue weighted by Crippen LogP contribution is 2.32. The molecule has 1 fully saturated rings. The number of nitrogens with one attached hydrogen (secondary N) is 2. The van der Waals surface area contributed by atoms with Gasteiger partial charge in [-0.25, -0.2) is 8.42 Å². The smallest absolute Gasteiger partial charge is 0.152 e. The lowest BCUT2D eigenvalue weighted by Crippen LogP contribution is -2.39. The number of aromatic nitrogens is 1. The van der Waals surface area contributed by atoms with Crippen LogP contribution in [0, 0.1) is 5.92 Å². The molecular weight excluding hydrogens is 422 g/mol. The molecule has 7 heteroatoms. The lowest BCUT2D eigenvalue weighted by Gasteiger charge is -2.26. The first-order valence-electron chi connectivity index (χ1n) is 11.3. The maximum absolute atomic E-state index is 11.8. The fourth-order valence-electron chi connectivity index (χ4n) is 4.13. The molecule has 3 aromatic rings. The highest BCUT2D eigenvalue weighted by Gasteiger charge is 2.22. The quantitative estimate of drug-likeness (QED) is 0.522. The van der Waals surface area contributed by atoms with Crippen LogP contribution in [-0.4, -0.2) is 56.6 Å². The lowest BCUT2D eigenvalue weighted by molar-refractivity contribution is 0.288. The van der Waals surface area contributed by atoms with Crippen molar-refractivity contribution in [3.05, 3.63) is 48.0 Å². The number of sulfone groups is 1. The van der Waals surface area contributed by atoms with Crippen molar-refractivity contribution < 1.29 is 13.2 Å². The van der Waals surface area contributed by atoms with Gasteiger partial charge in [0.2, 0.25) is 0 Å². The Labute approximate surface area is 190 Å². The van der Waals surface area contributed by atoms with Crippen LogP contribution >= 0.6 is 0 Å². The minimum Gasteiger partial charge on any atom is -0.497 e. The molecule has 0 radical (unpaired) electrons. The highest BCUT2D eigenvalue weighted by molar-refractivity contribution is 7.91. The Morgan fingerprint density at radius 2 is 1.81 bits per heavy atom. The van der Waals surface area contributed by atoms with Crippen LogP contribution in [0.15, 0.2) is 42.5 Å². The van der Waals surface area contributed by atoms with Gasteiger partial charge in [0, 0.05) is 37.3 Å². The number of fused-ring (bicyclic) bond motifs is 1. The number of hydrogen-bond donors (Lipinski definition) is 2. The number of benzene rings is 2. The Bertz CT molecular complexity index is 1150. The van der Waals surface area contributed by atoms with Crippen LogP contribution in [0.1, 0.15) is 25.8 Å². The molecule has 0 atom stereocenters. The Morgan fingerprint density at radius 3 is 2.47 bits per heavy atom. The predicted octanol–water partition coefficient (Wildman–Crippen LogP) is 4.53. The number of methoxy groups -OCH3 is 1. The average Bonchev–Trinajstić information content (AvgIpc) is 3.19. The molecule has 1 aromatic heterocycles. The zero-order valence-corrected chi connectivity index (χ0v) is 20.0. The van der Waals surface area contributed by atoms with Crippen molar-refractivity contribution in [1.82, 2.24) is 9.88 Å². The molecule has 1 saturated heterocycles. The number of ether oxygens (including phenoxy) is 1.